The van der Waals surface area contributed by atoms with Crippen molar-refractivity contribution in [1.82, 2.24) is 9.97 Å². The molecule has 0 bridgehead atoms. The van der Waals surface area contributed by atoms with Gasteiger partial charge in [0.05, 0.1) is 16.8 Å². The van der Waals surface area contributed by atoms with Gasteiger partial charge in [0.15, 0.2) is 0 Å². The first-order valence-electron chi connectivity index (χ1n) is 12.4. The summed E-state index contributed by atoms with van der Waals surface area (Å²) in [6.07, 6.45) is 0.186. The molecule has 0 saturated carbocycles. The maximum absolute atomic E-state index is 12.4. The maximum atomic E-state index is 12.4. The molecule has 4 fully saturated rings. The fourth-order valence-electron chi connectivity index (χ4n) is 5.38. The Balaban J connectivity index is 0.000000142. The Kier molecular flexibility index (Phi) is 5.56. The number of anilines is 1. The van der Waals surface area contributed by atoms with Gasteiger partial charge < -0.3 is 33.7 Å². The maximum Gasteiger partial charge on any atom is 0.643 e. The number of aromatic nitrogens is 2. The van der Waals surface area contributed by atoms with E-state index in [4.69, 9.17) is 18.6 Å². The van der Waals surface area contributed by atoms with Crippen LogP contribution in [0.5, 0.6) is 0 Å². The predicted molar refractivity (Wildman–Crippen MR) is 137 cm³/mol. The first-order chi connectivity index (χ1) is 18.7. The van der Waals surface area contributed by atoms with Gasteiger partial charge in [-0.2, -0.15) is 0 Å². The lowest BCUT2D eigenvalue weighted by molar-refractivity contribution is -0.140. The third kappa shape index (κ3) is 4.04. The van der Waals surface area contributed by atoms with E-state index in [-0.39, 0.29) is 37.6 Å². The van der Waals surface area contributed by atoms with Gasteiger partial charge in [0.25, 0.3) is 0 Å². The Morgan fingerprint density at radius 3 is 2.03 bits per heavy atom. The lowest BCUT2D eigenvalue weighted by Crippen LogP contribution is -2.54. The summed E-state index contributed by atoms with van der Waals surface area (Å²) in [5, 5.41) is 2.67. The number of rotatable bonds is 3. The number of aromatic amines is 1. The summed E-state index contributed by atoms with van der Waals surface area (Å²) in [7, 11) is 0. The van der Waals surface area contributed by atoms with E-state index in [2.05, 4.69) is 15.3 Å². The number of aryl methyl sites for hydroxylation is 1. The van der Waals surface area contributed by atoms with E-state index in [9.17, 15) is 24.0 Å². The minimum atomic E-state index is -2.64. The van der Waals surface area contributed by atoms with Gasteiger partial charge in [0, 0.05) is 17.3 Å². The number of benzene rings is 2. The van der Waals surface area contributed by atoms with E-state index in [0.717, 1.165) is 16.6 Å². The second kappa shape index (κ2) is 8.86. The van der Waals surface area contributed by atoms with E-state index < -0.39 is 30.8 Å². The average Bonchev–Trinajstić information content (AvgIpc) is 3.65. The quantitative estimate of drug-likeness (QED) is 0.378. The van der Waals surface area contributed by atoms with Crippen LogP contribution in [0.3, 0.4) is 0 Å². The highest BCUT2D eigenvalue weighted by Gasteiger charge is 2.70. The highest BCUT2D eigenvalue weighted by molar-refractivity contribution is 7.05. The van der Waals surface area contributed by atoms with E-state index in [0.29, 0.717) is 23.0 Å². The van der Waals surface area contributed by atoms with Gasteiger partial charge in [-0.05, 0) is 30.7 Å². The van der Waals surface area contributed by atoms with Crippen LogP contribution in [0.25, 0.3) is 11.0 Å². The topological polar surface area (TPSA) is 163 Å². The number of H-pyrrole nitrogens is 1. The van der Waals surface area contributed by atoms with Crippen molar-refractivity contribution in [2.75, 3.05) is 5.32 Å². The molecule has 4 aliphatic heterocycles. The van der Waals surface area contributed by atoms with Crippen LogP contribution in [-0.4, -0.2) is 52.8 Å². The van der Waals surface area contributed by atoms with Crippen LogP contribution in [0.2, 0.25) is 0 Å². The summed E-state index contributed by atoms with van der Waals surface area (Å²) in [5.74, 6) is -1.31. The summed E-state index contributed by atoms with van der Waals surface area (Å²) in [6, 6.07) is 14.6. The van der Waals surface area contributed by atoms with Crippen molar-refractivity contribution >= 4 is 65.2 Å². The molecule has 0 radical (unpaired) electrons. The second-order valence-electron chi connectivity index (χ2n) is 9.85. The highest BCUT2D eigenvalue weighted by Crippen LogP contribution is 2.42. The number of carbonyl (C=O) groups is 5. The number of para-hydroxylation sites is 3. The third-order valence-electron chi connectivity index (χ3n) is 7.27. The number of nitrogens with zero attached hydrogens (tertiary/aromatic N) is 1. The number of hydrogen-bond donors (Lipinski definition) is 2. The van der Waals surface area contributed by atoms with Crippen molar-refractivity contribution in [2.24, 2.45) is 0 Å². The smallest absolute Gasteiger partial charge is 0.608 e. The molecule has 0 unspecified atom stereocenters. The SMILES string of the molecule is Cc1ccccc1NC(=O)[B-]12OC(=O)C[C+]1CC(=O)O2.O=C1C[C+]2CC(=O)O[B-]2(c2nc3ccccc3[nH]2)O1. The van der Waals surface area contributed by atoms with Crippen molar-refractivity contribution in [2.45, 2.75) is 32.6 Å². The molecule has 2 aromatic carbocycles. The molecule has 0 spiro atoms. The second-order valence-corrected chi connectivity index (χ2v) is 9.85. The molecular weight excluding hydrogens is 508 g/mol. The predicted octanol–water partition coefficient (Wildman–Crippen LogP) is 1.78. The summed E-state index contributed by atoms with van der Waals surface area (Å²) >= 11 is 0. The van der Waals surface area contributed by atoms with E-state index in [1.54, 1.807) is 12.1 Å². The number of hydrogen-bond acceptors (Lipinski definition) is 10. The third-order valence-corrected chi connectivity index (χ3v) is 7.27. The zero-order valence-electron chi connectivity index (χ0n) is 20.7. The van der Waals surface area contributed by atoms with E-state index in [1.807, 2.05) is 43.3 Å². The van der Waals surface area contributed by atoms with Crippen LogP contribution in [0, 0.1) is 18.6 Å². The molecule has 2 N–H and O–H groups in total. The van der Waals surface area contributed by atoms with Crippen molar-refractivity contribution in [3.63, 3.8) is 0 Å². The fraction of sp³-hybridized carbons (Fsp3) is 0.200. The molecule has 12 nitrogen and oxygen atoms in total. The first kappa shape index (κ1) is 24.5. The Labute approximate surface area is 221 Å². The molecule has 7 rings (SSSR count). The minimum Gasteiger partial charge on any atom is -0.608 e. The number of carbonyl (C=O) groups excluding carboxylic acids is 5. The van der Waals surface area contributed by atoms with Gasteiger partial charge in [-0.1, -0.05) is 30.3 Å². The van der Waals surface area contributed by atoms with Gasteiger partial charge in [-0.3, -0.25) is 24.2 Å². The van der Waals surface area contributed by atoms with Crippen LogP contribution in [0.4, 0.5) is 10.5 Å². The molecule has 196 valence electrons. The lowest BCUT2D eigenvalue weighted by Gasteiger charge is -2.24. The molecule has 39 heavy (non-hydrogen) atoms. The fourth-order valence-corrected chi connectivity index (χ4v) is 5.38. The van der Waals surface area contributed by atoms with Crippen molar-refractivity contribution in [3.05, 3.63) is 65.7 Å². The van der Waals surface area contributed by atoms with Crippen LogP contribution in [0.1, 0.15) is 31.2 Å². The minimum absolute atomic E-state index is 0.0348. The zero-order chi connectivity index (χ0) is 27.4. The van der Waals surface area contributed by atoms with Crippen LogP contribution in [-0.2, 0) is 37.8 Å². The molecular formula is C25H21B2N3O9. The van der Waals surface area contributed by atoms with Gasteiger partial charge in [-0.25, -0.2) is 0 Å². The molecule has 4 aliphatic rings. The van der Waals surface area contributed by atoms with Gasteiger partial charge in [0.1, 0.15) is 25.7 Å². The molecule has 1 amide bonds. The van der Waals surface area contributed by atoms with Crippen LogP contribution < -0.4 is 11.0 Å². The van der Waals surface area contributed by atoms with Crippen molar-refractivity contribution in [3.8, 4) is 0 Å². The number of imidazole rings is 1. The normalized spacial score (nSPS) is 19.9. The van der Waals surface area contributed by atoms with E-state index in [1.165, 1.54) is 0 Å². The number of nitrogens with one attached hydrogen (secondary N) is 2. The standard InChI is InChI=1S/C13H12BNO5.C12H9BN2O4/c1-8-4-2-3-5-10(8)15-13(18)14-9(6-11(16)19-14)7-12(17)20-14;16-10-5-7-6-11(17)19-13(7,18-10)12-14-8-3-1-2-4-9(8)15-12/h2-5H,6-7H2,1H3,(H,15,18);1-4H,5-6H2,(H,14,15). The molecule has 0 aliphatic carbocycles. The molecule has 1 aromatic heterocycles. The molecule has 0 atom stereocenters. The summed E-state index contributed by atoms with van der Waals surface area (Å²) in [6.45, 7) is -3.00. The molecule has 3 aromatic rings. The molecule has 5 heterocycles. The largest absolute Gasteiger partial charge is 0.643 e. The van der Waals surface area contributed by atoms with Crippen molar-refractivity contribution < 1.29 is 42.6 Å². The molecule has 4 saturated heterocycles. The van der Waals surface area contributed by atoms with Crippen molar-refractivity contribution in [1.29, 1.82) is 0 Å². The van der Waals surface area contributed by atoms with Gasteiger partial charge in [-0.15, -0.1) is 0 Å². The summed E-state index contributed by atoms with van der Waals surface area (Å²) in [5.41, 5.74) is 3.44. The highest BCUT2D eigenvalue weighted by atomic mass is 16.7. The number of fused-ring (bicyclic) bond motifs is 3. The molecule has 14 heteroatoms. The van der Waals surface area contributed by atoms with Crippen LogP contribution >= 0.6 is 0 Å². The Hall–Kier alpha value is -4.87. The van der Waals surface area contributed by atoms with Gasteiger partial charge in [0.2, 0.25) is 5.81 Å². The Morgan fingerprint density at radius 1 is 0.821 bits per heavy atom. The Morgan fingerprint density at radius 2 is 1.38 bits per heavy atom. The zero-order valence-corrected chi connectivity index (χ0v) is 20.7. The summed E-state index contributed by atoms with van der Waals surface area (Å²) < 4.78 is 20.7. The monoisotopic (exact) mass is 529 g/mol. The average molecular weight is 529 g/mol. The summed E-state index contributed by atoms with van der Waals surface area (Å²) in [4.78, 5) is 65.7. The lowest BCUT2D eigenvalue weighted by atomic mass is 9.48. The van der Waals surface area contributed by atoms with Crippen LogP contribution in [0.15, 0.2) is 48.5 Å². The number of amides is 1. The Bertz CT molecular complexity index is 1480. The van der Waals surface area contributed by atoms with E-state index >= 15 is 0 Å². The first-order valence-corrected chi connectivity index (χ1v) is 12.4. The van der Waals surface area contributed by atoms with Gasteiger partial charge >= 0.3 is 37.0 Å².